The Morgan fingerprint density at radius 2 is 0.518 bits per heavy atom. The summed E-state index contributed by atoms with van der Waals surface area (Å²) in [7, 11) is 0. The molecular weight excluding hydrogens is 681 g/mol. The van der Waals surface area contributed by atoms with Gasteiger partial charge in [0.05, 0.1) is 0 Å². The molecule has 0 atom stereocenters. The second kappa shape index (κ2) is 11.1. The summed E-state index contributed by atoms with van der Waals surface area (Å²) in [4.78, 5) is 0. The highest BCUT2D eigenvalue weighted by Crippen LogP contribution is 2.48. The Morgan fingerprint density at radius 1 is 0.232 bits per heavy atom. The largest absolute Gasteiger partial charge is 0.455 e. The average Bonchev–Trinajstić information content (AvgIpc) is 3.85. The van der Waals surface area contributed by atoms with Crippen molar-refractivity contribution in [1.82, 2.24) is 0 Å². The molecule has 0 amide bonds. The van der Waals surface area contributed by atoms with Gasteiger partial charge in [0.1, 0.15) is 22.3 Å². The molecule has 0 spiro atoms. The molecule has 56 heavy (non-hydrogen) atoms. The Hall–Kier alpha value is -7.42. The third-order valence-electron chi connectivity index (χ3n) is 12.2. The van der Waals surface area contributed by atoms with E-state index in [2.05, 4.69) is 182 Å². The van der Waals surface area contributed by atoms with E-state index in [0.717, 1.165) is 55.0 Å². The number of benzene rings is 11. The van der Waals surface area contributed by atoms with Gasteiger partial charge in [-0.25, -0.2) is 0 Å². The van der Waals surface area contributed by atoms with Gasteiger partial charge in [-0.05, 0) is 100 Å². The number of rotatable bonds is 2. The first kappa shape index (κ1) is 30.0. The van der Waals surface area contributed by atoms with Crippen LogP contribution in [0.15, 0.2) is 191 Å². The molecule has 13 rings (SSSR count). The zero-order chi connectivity index (χ0) is 36.5. The zero-order valence-electron chi connectivity index (χ0n) is 30.1. The molecule has 0 saturated carbocycles. The minimum atomic E-state index is 0.895. The van der Waals surface area contributed by atoms with Gasteiger partial charge in [0, 0.05) is 32.3 Å². The van der Waals surface area contributed by atoms with Gasteiger partial charge in [0.2, 0.25) is 0 Å². The topological polar surface area (TPSA) is 26.3 Å². The summed E-state index contributed by atoms with van der Waals surface area (Å²) in [5.41, 5.74) is 8.36. The molecule has 11 aromatic carbocycles. The highest BCUT2D eigenvalue weighted by Gasteiger charge is 2.21. The van der Waals surface area contributed by atoms with Crippen molar-refractivity contribution in [1.29, 1.82) is 0 Å². The van der Waals surface area contributed by atoms with Crippen LogP contribution in [0.2, 0.25) is 0 Å². The lowest BCUT2D eigenvalue weighted by Crippen LogP contribution is -1.90. The molecule has 0 saturated heterocycles. The molecule has 2 aromatic heterocycles. The predicted octanol–water partition coefficient (Wildman–Crippen LogP) is 15.7. The van der Waals surface area contributed by atoms with E-state index in [1.807, 2.05) is 0 Å². The van der Waals surface area contributed by atoms with E-state index >= 15 is 0 Å². The van der Waals surface area contributed by atoms with Crippen LogP contribution in [0.1, 0.15) is 0 Å². The summed E-state index contributed by atoms with van der Waals surface area (Å²) in [6, 6.07) is 65.8. The lowest BCUT2D eigenvalue weighted by atomic mass is 9.85. The predicted molar refractivity (Wildman–Crippen MR) is 237 cm³/mol. The molecule has 0 N–H and O–H groups in total. The molecule has 0 aliphatic rings. The van der Waals surface area contributed by atoms with Crippen molar-refractivity contribution in [2.75, 3.05) is 0 Å². The third-order valence-corrected chi connectivity index (χ3v) is 12.2. The van der Waals surface area contributed by atoms with Gasteiger partial charge in [-0.3, -0.25) is 0 Å². The van der Waals surface area contributed by atoms with E-state index in [1.165, 1.54) is 75.8 Å². The van der Waals surface area contributed by atoms with Crippen LogP contribution in [0, 0.1) is 0 Å². The molecule has 0 aliphatic heterocycles. The van der Waals surface area contributed by atoms with Crippen LogP contribution in [-0.4, -0.2) is 0 Å². The van der Waals surface area contributed by atoms with Crippen molar-refractivity contribution in [3.05, 3.63) is 182 Å². The maximum atomic E-state index is 6.86. The van der Waals surface area contributed by atoms with Crippen LogP contribution in [-0.2, 0) is 0 Å². The van der Waals surface area contributed by atoms with Crippen LogP contribution in [0.5, 0.6) is 0 Å². The standard InChI is InChI=1S/C54H30O2/c1-5-17-37-33(13-1)35-15-3-11-23-43(35)53-51(37)45-27-25-31(29-47(45)55-53)49-39-19-7-9-21-41(39)50(42-22-10-8-20-40(42)49)32-26-28-46-48(30-32)56-54-44-24-12-4-16-36(44)34-14-2-6-18-38(34)52(46)54/h1-30H. The molecular formula is C54H30O2. The van der Waals surface area contributed by atoms with E-state index in [1.54, 1.807) is 0 Å². The van der Waals surface area contributed by atoms with Crippen molar-refractivity contribution < 1.29 is 8.83 Å². The normalized spacial score (nSPS) is 12.3. The van der Waals surface area contributed by atoms with E-state index in [4.69, 9.17) is 8.83 Å². The van der Waals surface area contributed by atoms with Gasteiger partial charge in [0.25, 0.3) is 0 Å². The third kappa shape index (κ3) is 3.95. The molecule has 13 aromatic rings. The molecule has 0 bridgehead atoms. The summed E-state index contributed by atoms with van der Waals surface area (Å²) >= 11 is 0. The minimum Gasteiger partial charge on any atom is -0.455 e. The van der Waals surface area contributed by atoms with E-state index in [9.17, 15) is 0 Å². The molecule has 2 heteroatoms. The highest BCUT2D eigenvalue weighted by molar-refractivity contribution is 6.32. The van der Waals surface area contributed by atoms with Gasteiger partial charge in [-0.1, -0.05) is 158 Å². The Balaban J connectivity index is 1.07. The molecule has 258 valence electrons. The summed E-state index contributed by atoms with van der Waals surface area (Å²) in [6.07, 6.45) is 0. The maximum absolute atomic E-state index is 6.86. The van der Waals surface area contributed by atoms with E-state index < -0.39 is 0 Å². The molecule has 0 aliphatic carbocycles. The van der Waals surface area contributed by atoms with Gasteiger partial charge in [-0.15, -0.1) is 0 Å². The number of hydrogen-bond donors (Lipinski definition) is 0. The van der Waals surface area contributed by atoms with Crippen LogP contribution in [0.4, 0.5) is 0 Å². The number of hydrogen-bond acceptors (Lipinski definition) is 2. The summed E-state index contributed by atoms with van der Waals surface area (Å²) in [5, 5.41) is 19.1. The highest BCUT2D eigenvalue weighted by atomic mass is 16.3. The Morgan fingerprint density at radius 3 is 0.875 bits per heavy atom. The van der Waals surface area contributed by atoms with Crippen molar-refractivity contribution >= 4 is 109 Å². The molecule has 2 heterocycles. The van der Waals surface area contributed by atoms with Crippen LogP contribution in [0.3, 0.4) is 0 Å². The number of fused-ring (bicyclic) bond motifs is 18. The Kier molecular flexibility index (Phi) is 5.92. The second-order valence-electron chi connectivity index (χ2n) is 15.1. The maximum Gasteiger partial charge on any atom is 0.143 e. The van der Waals surface area contributed by atoms with Crippen molar-refractivity contribution in [2.24, 2.45) is 0 Å². The molecule has 0 fully saturated rings. The first-order chi connectivity index (χ1) is 27.8. The van der Waals surface area contributed by atoms with Crippen LogP contribution < -0.4 is 0 Å². The van der Waals surface area contributed by atoms with E-state index in [0.29, 0.717) is 0 Å². The summed E-state index contributed by atoms with van der Waals surface area (Å²) < 4.78 is 13.7. The molecule has 0 unspecified atom stereocenters. The van der Waals surface area contributed by atoms with Crippen LogP contribution in [0.25, 0.3) is 131 Å². The number of furan rings is 2. The van der Waals surface area contributed by atoms with Crippen LogP contribution >= 0.6 is 0 Å². The SMILES string of the molecule is c1ccc2c(-c3ccc4c(c3)oc3c5ccccc5c5ccccc5c43)c3ccccc3c(-c3ccc4c(c3)oc3c5ccccc5c5ccccc5c43)c2c1. The first-order valence-electron chi connectivity index (χ1n) is 19.3. The molecule has 2 nitrogen and oxygen atoms in total. The average molecular weight is 711 g/mol. The fourth-order valence-electron chi connectivity index (χ4n) is 9.87. The molecule has 0 radical (unpaired) electrons. The monoisotopic (exact) mass is 710 g/mol. The van der Waals surface area contributed by atoms with Crippen molar-refractivity contribution in [3.63, 3.8) is 0 Å². The Labute approximate surface area is 320 Å². The zero-order valence-corrected chi connectivity index (χ0v) is 30.1. The quantitative estimate of drug-likeness (QED) is 0.132. The van der Waals surface area contributed by atoms with Gasteiger partial charge < -0.3 is 8.83 Å². The fourth-order valence-corrected chi connectivity index (χ4v) is 9.87. The summed E-state index contributed by atoms with van der Waals surface area (Å²) in [5.74, 6) is 0. The smallest absolute Gasteiger partial charge is 0.143 e. The lowest BCUT2D eigenvalue weighted by Gasteiger charge is -2.17. The van der Waals surface area contributed by atoms with Gasteiger partial charge >= 0.3 is 0 Å². The van der Waals surface area contributed by atoms with Crippen molar-refractivity contribution in [3.8, 4) is 22.3 Å². The van der Waals surface area contributed by atoms with Crippen molar-refractivity contribution in [2.45, 2.75) is 0 Å². The first-order valence-corrected chi connectivity index (χ1v) is 19.3. The lowest BCUT2D eigenvalue weighted by molar-refractivity contribution is 0.672. The summed E-state index contributed by atoms with van der Waals surface area (Å²) in [6.45, 7) is 0. The van der Waals surface area contributed by atoms with Gasteiger partial charge in [0.15, 0.2) is 0 Å². The second-order valence-corrected chi connectivity index (χ2v) is 15.1. The van der Waals surface area contributed by atoms with E-state index in [-0.39, 0.29) is 0 Å². The minimum absolute atomic E-state index is 0.895. The van der Waals surface area contributed by atoms with Gasteiger partial charge in [-0.2, -0.15) is 0 Å². The fraction of sp³-hybridized carbons (Fsp3) is 0. The Bertz CT molecular complexity index is 3510.